The third-order valence-corrected chi connectivity index (χ3v) is 5.91. The fourth-order valence-corrected chi connectivity index (χ4v) is 4.54. The van der Waals surface area contributed by atoms with Crippen molar-refractivity contribution in [1.29, 1.82) is 5.26 Å². The number of anilines is 1. The number of carbonyl (C=O) groups is 1. The number of hydrogen-bond acceptors (Lipinski definition) is 9. The van der Waals surface area contributed by atoms with Crippen LogP contribution >= 0.6 is 0 Å². The first kappa shape index (κ1) is 19.0. The molecular formula is C19H21N5O6. The minimum atomic E-state index is -1.45. The third-order valence-electron chi connectivity index (χ3n) is 5.91. The van der Waals surface area contributed by atoms with Crippen LogP contribution in [0.5, 0.6) is 0 Å². The van der Waals surface area contributed by atoms with Crippen molar-refractivity contribution in [3.05, 3.63) is 24.2 Å². The number of fused-ring (bicyclic) bond motifs is 2. The summed E-state index contributed by atoms with van der Waals surface area (Å²) in [6.07, 6.45) is -0.954. The summed E-state index contributed by atoms with van der Waals surface area (Å²) in [7, 11) is 0. The van der Waals surface area contributed by atoms with Crippen LogP contribution in [0.15, 0.2) is 18.5 Å². The minimum Gasteiger partial charge on any atom is -0.450 e. The maximum absolute atomic E-state index is 11.2. The maximum Gasteiger partial charge on any atom is 0.506 e. The molecule has 0 aromatic carbocycles. The SMILES string of the molecule is CC1(C)O[C@H]2[C@H](c3ccc4c(N)ncnn34)O[C@@](C#N)(CC3(OC(=O)O)CC3)[C@H]2O1. The van der Waals surface area contributed by atoms with Crippen molar-refractivity contribution in [2.24, 2.45) is 0 Å². The van der Waals surface area contributed by atoms with Crippen molar-refractivity contribution in [2.45, 2.75) is 68.4 Å². The third kappa shape index (κ3) is 2.79. The predicted octanol–water partition coefficient (Wildman–Crippen LogP) is 1.78. The van der Waals surface area contributed by atoms with Crippen molar-refractivity contribution in [1.82, 2.24) is 14.6 Å². The second-order valence-electron chi connectivity index (χ2n) is 8.49. The molecule has 4 atom stereocenters. The Morgan fingerprint density at radius 3 is 2.83 bits per heavy atom. The Morgan fingerprint density at radius 1 is 1.40 bits per heavy atom. The fourth-order valence-electron chi connectivity index (χ4n) is 4.54. The summed E-state index contributed by atoms with van der Waals surface area (Å²) < 4.78 is 25.2. The Balaban J connectivity index is 1.56. The van der Waals surface area contributed by atoms with Crippen LogP contribution in [0.25, 0.3) is 5.52 Å². The highest BCUT2D eigenvalue weighted by atomic mass is 16.8. The van der Waals surface area contributed by atoms with E-state index in [0.29, 0.717) is 29.9 Å². The number of rotatable bonds is 4. The second-order valence-corrected chi connectivity index (χ2v) is 8.49. The van der Waals surface area contributed by atoms with Crippen molar-refractivity contribution < 1.29 is 28.8 Å². The monoisotopic (exact) mass is 415 g/mol. The van der Waals surface area contributed by atoms with E-state index in [-0.39, 0.29) is 6.42 Å². The van der Waals surface area contributed by atoms with E-state index in [2.05, 4.69) is 16.2 Å². The first-order valence-corrected chi connectivity index (χ1v) is 9.62. The van der Waals surface area contributed by atoms with E-state index in [1.165, 1.54) is 6.33 Å². The Labute approximate surface area is 171 Å². The van der Waals surface area contributed by atoms with E-state index < -0.39 is 41.5 Å². The number of hydrogen-bond donors (Lipinski definition) is 2. The van der Waals surface area contributed by atoms with Crippen LogP contribution in [0.2, 0.25) is 0 Å². The molecule has 1 aliphatic carbocycles. The van der Waals surface area contributed by atoms with Gasteiger partial charge in [-0.15, -0.1) is 0 Å². The number of nitrogen functional groups attached to an aromatic ring is 1. The molecule has 3 aliphatic rings. The average Bonchev–Trinajstić information content (AvgIpc) is 3.01. The molecule has 158 valence electrons. The molecule has 3 fully saturated rings. The standard InChI is InChI=1S/C19H21N5O6/c1-17(2)27-13-12(10-3-4-11-15(21)22-9-23-24(10)11)28-19(8-20,14(13)29-17)7-18(5-6-18)30-16(25)26/h3-4,9,12-14H,5-7H2,1-2H3,(H,25,26)(H2,21,22,23)/t12-,13-,14-,19+/m0/s1. The Morgan fingerprint density at radius 2 is 2.17 bits per heavy atom. The molecule has 11 heteroatoms. The highest BCUT2D eigenvalue weighted by molar-refractivity contribution is 5.65. The van der Waals surface area contributed by atoms with Crippen LogP contribution in [0.3, 0.4) is 0 Å². The highest BCUT2D eigenvalue weighted by Gasteiger charge is 2.68. The van der Waals surface area contributed by atoms with E-state index in [4.69, 9.17) is 29.8 Å². The molecule has 5 rings (SSSR count). The van der Waals surface area contributed by atoms with Crippen LogP contribution in [0.1, 0.15) is 44.9 Å². The van der Waals surface area contributed by atoms with Crippen molar-refractivity contribution in [3.8, 4) is 6.07 Å². The molecule has 3 N–H and O–H groups in total. The summed E-state index contributed by atoms with van der Waals surface area (Å²) in [6, 6.07) is 5.81. The van der Waals surface area contributed by atoms with Gasteiger partial charge in [-0.05, 0) is 38.8 Å². The summed E-state index contributed by atoms with van der Waals surface area (Å²) in [5.74, 6) is -0.627. The molecule has 30 heavy (non-hydrogen) atoms. The van der Waals surface area contributed by atoms with Gasteiger partial charge < -0.3 is 29.8 Å². The van der Waals surface area contributed by atoms with Gasteiger partial charge >= 0.3 is 6.16 Å². The number of nitrogens with two attached hydrogens (primary N) is 1. The first-order chi connectivity index (χ1) is 14.2. The van der Waals surface area contributed by atoms with E-state index in [1.807, 2.05) is 0 Å². The fraction of sp³-hybridized carbons (Fsp3) is 0.579. The minimum absolute atomic E-state index is 0.0559. The van der Waals surface area contributed by atoms with Gasteiger partial charge in [0.1, 0.15) is 41.8 Å². The van der Waals surface area contributed by atoms with Crippen molar-refractivity contribution in [2.75, 3.05) is 5.73 Å². The highest BCUT2D eigenvalue weighted by Crippen LogP contribution is 2.56. The molecule has 0 amide bonds. The van der Waals surface area contributed by atoms with E-state index >= 15 is 0 Å². The van der Waals surface area contributed by atoms with E-state index in [9.17, 15) is 10.1 Å². The van der Waals surface area contributed by atoms with Crippen LogP contribution in [0, 0.1) is 11.3 Å². The second kappa shape index (κ2) is 6.04. The molecule has 0 bridgehead atoms. The van der Waals surface area contributed by atoms with Crippen LogP contribution < -0.4 is 5.73 Å². The Hall–Kier alpha value is -2.94. The average molecular weight is 415 g/mol. The predicted molar refractivity (Wildman–Crippen MR) is 99.1 cm³/mol. The summed E-state index contributed by atoms with van der Waals surface area (Å²) in [4.78, 5) is 15.1. The quantitative estimate of drug-likeness (QED) is 0.706. The van der Waals surface area contributed by atoms with Gasteiger partial charge in [-0.3, -0.25) is 0 Å². The smallest absolute Gasteiger partial charge is 0.450 e. The molecule has 11 nitrogen and oxygen atoms in total. The zero-order chi connectivity index (χ0) is 21.3. The first-order valence-electron chi connectivity index (χ1n) is 9.62. The van der Waals surface area contributed by atoms with Gasteiger partial charge in [0.05, 0.1) is 5.69 Å². The molecule has 2 aromatic heterocycles. The molecule has 2 saturated heterocycles. The largest absolute Gasteiger partial charge is 0.506 e. The van der Waals surface area contributed by atoms with Gasteiger partial charge in [0, 0.05) is 6.42 Å². The number of carboxylic acid groups (broad SMARTS) is 1. The number of aromatic nitrogens is 3. The van der Waals surface area contributed by atoms with Crippen LogP contribution in [-0.2, 0) is 18.9 Å². The van der Waals surface area contributed by atoms with Gasteiger partial charge in [-0.1, -0.05) is 0 Å². The van der Waals surface area contributed by atoms with Crippen LogP contribution in [0.4, 0.5) is 10.6 Å². The molecule has 1 saturated carbocycles. The van der Waals surface area contributed by atoms with Crippen molar-refractivity contribution >= 4 is 17.5 Å². The zero-order valence-corrected chi connectivity index (χ0v) is 16.4. The zero-order valence-electron chi connectivity index (χ0n) is 16.4. The van der Waals surface area contributed by atoms with Gasteiger partial charge in [-0.25, -0.2) is 14.3 Å². The van der Waals surface area contributed by atoms with Gasteiger partial charge in [0.2, 0.25) is 0 Å². The number of ether oxygens (including phenoxy) is 4. The summed E-state index contributed by atoms with van der Waals surface area (Å²) in [5, 5.41) is 23.5. The molecule has 2 aromatic rings. The lowest BCUT2D eigenvalue weighted by molar-refractivity contribution is -0.205. The van der Waals surface area contributed by atoms with Crippen molar-refractivity contribution in [3.63, 3.8) is 0 Å². The molecule has 4 heterocycles. The summed E-state index contributed by atoms with van der Waals surface area (Å²) in [6.45, 7) is 3.53. The van der Waals surface area contributed by atoms with Crippen LogP contribution in [-0.4, -0.2) is 55.1 Å². The number of nitrogens with zero attached hydrogens (tertiary/aromatic N) is 4. The molecule has 0 spiro atoms. The van der Waals surface area contributed by atoms with Gasteiger partial charge in [0.15, 0.2) is 17.2 Å². The number of nitriles is 1. The van der Waals surface area contributed by atoms with Gasteiger partial charge in [0.25, 0.3) is 0 Å². The molecule has 2 aliphatic heterocycles. The lowest BCUT2D eigenvalue weighted by Gasteiger charge is -2.31. The topological polar surface area (TPSA) is 154 Å². The summed E-state index contributed by atoms with van der Waals surface area (Å²) in [5.41, 5.74) is 4.78. The lowest BCUT2D eigenvalue weighted by Crippen LogP contribution is -2.46. The Bertz CT molecular complexity index is 1070. The molecule has 0 unspecified atom stereocenters. The lowest BCUT2D eigenvalue weighted by atomic mass is 9.88. The maximum atomic E-state index is 11.2. The molecular weight excluding hydrogens is 394 g/mol. The normalized spacial score (nSPS) is 33.2. The van der Waals surface area contributed by atoms with Gasteiger partial charge in [-0.2, -0.15) is 10.4 Å². The summed E-state index contributed by atoms with van der Waals surface area (Å²) >= 11 is 0. The molecule has 0 radical (unpaired) electrons. The van der Waals surface area contributed by atoms with E-state index in [0.717, 1.165) is 0 Å². The Kier molecular flexibility index (Phi) is 3.83. The van der Waals surface area contributed by atoms with E-state index in [1.54, 1.807) is 30.5 Å².